The number of pyridine rings is 1. The fourth-order valence-electron chi connectivity index (χ4n) is 1.98. The number of ether oxygens (including phenoxy) is 1. The molecule has 0 fully saturated rings. The average molecular weight is 314 g/mol. The van der Waals surface area contributed by atoms with E-state index in [4.69, 9.17) is 16.3 Å². The van der Waals surface area contributed by atoms with Gasteiger partial charge in [0.25, 0.3) is 5.91 Å². The first kappa shape index (κ1) is 14.3. The number of aromatic nitrogens is 1. The van der Waals surface area contributed by atoms with Crippen molar-refractivity contribution in [3.63, 3.8) is 0 Å². The zero-order chi connectivity index (χ0) is 15.4. The number of carbonyl (C=O) groups excluding carboxylic acids is 1. The van der Waals surface area contributed by atoms with Gasteiger partial charge in [-0.1, -0.05) is 11.6 Å². The first-order valence-corrected chi connectivity index (χ1v) is 6.96. The highest BCUT2D eigenvalue weighted by Crippen LogP contribution is 2.28. The maximum atomic E-state index is 11.8. The van der Waals surface area contributed by atoms with Crippen LogP contribution in [0.4, 0.5) is 0 Å². The van der Waals surface area contributed by atoms with Crippen LogP contribution >= 0.6 is 11.6 Å². The summed E-state index contributed by atoms with van der Waals surface area (Å²) in [5.41, 5.74) is 4.62. The van der Waals surface area contributed by atoms with Gasteiger partial charge in [0.05, 0.1) is 11.8 Å². The van der Waals surface area contributed by atoms with Crippen LogP contribution < -0.4 is 10.2 Å². The number of hydrogen-bond acceptors (Lipinski definition) is 4. The molecule has 22 heavy (non-hydrogen) atoms. The number of nitrogens with one attached hydrogen (secondary N) is 1. The lowest BCUT2D eigenvalue weighted by Crippen LogP contribution is -2.18. The molecule has 0 unspecified atom stereocenters. The summed E-state index contributed by atoms with van der Waals surface area (Å²) in [6.45, 7) is 0.390. The van der Waals surface area contributed by atoms with E-state index in [1.165, 1.54) is 6.20 Å². The second-order valence-corrected chi connectivity index (χ2v) is 5.07. The molecule has 1 aromatic heterocycles. The van der Waals surface area contributed by atoms with Gasteiger partial charge >= 0.3 is 0 Å². The molecule has 1 aliphatic heterocycles. The van der Waals surface area contributed by atoms with Crippen molar-refractivity contribution in [2.24, 2.45) is 5.10 Å². The van der Waals surface area contributed by atoms with Crippen molar-refractivity contribution in [1.82, 2.24) is 10.4 Å². The van der Waals surface area contributed by atoms with Gasteiger partial charge in [-0.3, -0.25) is 9.78 Å². The third kappa shape index (κ3) is 3.32. The van der Waals surface area contributed by atoms with Gasteiger partial charge in [0.15, 0.2) is 0 Å². The molecule has 2 heterocycles. The van der Waals surface area contributed by atoms with Gasteiger partial charge in [-0.15, -0.1) is 0 Å². The van der Waals surface area contributed by atoms with E-state index in [9.17, 15) is 4.79 Å². The van der Waals surface area contributed by atoms with Crippen LogP contribution in [0.2, 0.25) is 5.02 Å². The molecule has 5 nitrogen and oxygen atoms in total. The predicted octanol–water partition coefficient (Wildman–Crippen LogP) is 2.93. The van der Waals surface area contributed by atoms with Crippen LogP contribution in [0.15, 0.2) is 53.4 Å². The van der Waals surface area contributed by atoms with E-state index < -0.39 is 0 Å². The molecule has 1 aromatic carbocycles. The number of carbonyl (C=O) groups is 1. The smallest absolute Gasteiger partial charge is 0.272 e. The number of halogens is 1. The highest BCUT2D eigenvalue weighted by Gasteiger charge is 2.10. The summed E-state index contributed by atoms with van der Waals surface area (Å²) >= 11 is 5.96. The summed E-state index contributed by atoms with van der Waals surface area (Å²) in [6.07, 6.45) is 6.56. The molecule has 0 spiro atoms. The number of amides is 1. The van der Waals surface area contributed by atoms with E-state index in [0.717, 1.165) is 16.9 Å². The Bertz CT molecular complexity index is 757. The van der Waals surface area contributed by atoms with Crippen LogP contribution in [0, 0.1) is 0 Å². The zero-order valence-electron chi connectivity index (χ0n) is 11.5. The SMILES string of the molecule is O=C(N/N=C/C1=Cc2cc(Cl)ccc2OC1)c1cccnc1. The monoisotopic (exact) mass is 313 g/mol. The Labute approximate surface area is 132 Å². The van der Waals surface area contributed by atoms with E-state index >= 15 is 0 Å². The van der Waals surface area contributed by atoms with Gasteiger partial charge in [0.2, 0.25) is 0 Å². The molecule has 0 saturated heterocycles. The Kier molecular flexibility index (Phi) is 4.16. The molecule has 0 aliphatic carbocycles. The molecule has 1 N–H and O–H groups in total. The summed E-state index contributed by atoms with van der Waals surface area (Å²) < 4.78 is 5.59. The number of hydrogen-bond donors (Lipinski definition) is 1. The molecular formula is C16H12ClN3O2. The second-order valence-electron chi connectivity index (χ2n) is 4.63. The van der Waals surface area contributed by atoms with Crippen molar-refractivity contribution >= 4 is 29.8 Å². The van der Waals surface area contributed by atoms with Gasteiger partial charge in [0.1, 0.15) is 12.4 Å². The lowest BCUT2D eigenvalue weighted by molar-refractivity contribution is 0.0954. The number of nitrogens with zero attached hydrogens (tertiary/aromatic N) is 2. The van der Waals surface area contributed by atoms with Crippen molar-refractivity contribution in [2.45, 2.75) is 0 Å². The third-order valence-corrected chi connectivity index (χ3v) is 3.26. The van der Waals surface area contributed by atoms with E-state index in [1.807, 2.05) is 18.2 Å². The molecule has 0 atom stereocenters. The quantitative estimate of drug-likeness (QED) is 0.700. The number of hydrazone groups is 1. The Morgan fingerprint density at radius 3 is 3.14 bits per heavy atom. The average Bonchev–Trinajstić information content (AvgIpc) is 2.55. The first-order chi connectivity index (χ1) is 10.7. The van der Waals surface area contributed by atoms with E-state index in [-0.39, 0.29) is 5.91 Å². The van der Waals surface area contributed by atoms with Crippen LogP contribution in [0.1, 0.15) is 15.9 Å². The summed E-state index contributed by atoms with van der Waals surface area (Å²) in [5, 5.41) is 4.57. The Morgan fingerprint density at radius 1 is 1.41 bits per heavy atom. The minimum Gasteiger partial charge on any atom is -0.488 e. The highest BCUT2D eigenvalue weighted by atomic mass is 35.5. The van der Waals surface area contributed by atoms with Crippen LogP contribution in [0.25, 0.3) is 6.08 Å². The van der Waals surface area contributed by atoms with Crippen LogP contribution in [0.3, 0.4) is 0 Å². The second kappa shape index (κ2) is 6.41. The molecule has 0 radical (unpaired) electrons. The molecule has 1 amide bonds. The van der Waals surface area contributed by atoms with Crippen LogP contribution in [-0.4, -0.2) is 23.7 Å². The summed E-state index contributed by atoms with van der Waals surface area (Å²) in [6, 6.07) is 8.78. The number of fused-ring (bicyclic) bond motifs is 1. The third-order valence-electron chi connectivity index (χ3n) is 3.03. The van der Waals surface area contributed by atoms with Crippen molar-refractivity contribution in [3.8, 4) is 5.75 Å². The summed E-state index contributed by atoms with van der Waals surface area (Å²) in [4.78, 5) is 15.7. The van der Waals surface area contributed by atoms with E-state index in [2.05, 4.69) is 15.5 Å². The highest BCUT2D eigenvalue weighted by molar-refractivity contribution is 6.30. The van der Waals surface area contributed by atoms with Gasteiger partial charge < -0.3 is 4.74 Å². The van der Waals surface area contributed by atoms with Crippen LogP contribution in [-0.2, 0) is 0 Å². The zero-order valence-corrected chi connectivity index (χ0v) is 12.2. The molecule has 6 heteroatoms. The lowest BCUT2D eigenvalue weighted by Gasteiger charge is -2.15. The summed E-state index contributed by atoms with van der Waals surface area (Å²) in [7, 11) is 0. The molecule has 0 saturated carbocycles. The predicted molar refractivity (Wildman–Crippen MR) is 85.1 cm³/mol. The topological polar surface area (TPSA) is 63.6 Å². The van der Waals surface area contributed by atoms with E-state index in [1.54, 1.807) is 30.6 Å². The van der Waals surface area contributed by atoms with Crippen molar-refractivity contribution in [3.05, 3.63) is 64.4 Å². The van der Waals surface area contributed by atoms with Crippen molar-refractivity contribution in [2.75, 3.05) is 6.61 Å². The van der Waals surface area contributed by atoms with Gasteiger partial charge in [-0.05, 0) is 36.4 Å². The molecule has 3 rings (SSSR count). The standard InChI is InChI=1S/C16H12ClN3O2/c17-14-3-4-15-13(7-14)6-11(10-22-15)8-19-20-16(21)12-2-1-5-18-9-12/h1-9H,10H2,(H,20,21)/b19-8+. The maximum absolute atomic E-state index is 11.8. The number of rotatable bonds is 3. The number of benzene rings is 1. The molecule has 110 valence electrons. The Balaban J connectivity index is 1.68. The van der Waals surface area contributed by atoms with Crippen molar-refractivity contribution in [1.29, 1.82) is 0 Å². The van der Waals surface area contributed by atoms with E-state index in [0.29, 0.717) is 17.2 Å². The van der Waals surface area contributed by atoms with Gasteiger partial charge in [0, 0.05) is 28.6 Å². The molecule has 0 bridgehead atoms. The van der Waals surface area contributed by atoms with Crippen LogP contribution in [0.5, 0.6) is 5.75 Å². The minimum atomic E-state index is -0.315. The van der Waals surface area contributed by atoms with Gasteiger partial charge in [-0.2, -0.15) is 5.10 Å². The summed E-state index contributed by atoms with van der Waals surface area (Å²) in [5.74, 6) is 0.464. The fraction of sp³-hybridized carbons (Fsp3) is 0.0625. The Morgan fingerprint density at radius 2 is 2.32 bits per heavy atom. The molecule has 1 aliphatic rings. The molecular weight excluding hydrogens is 302 g/mol. The molecule has 2 aromatic rings. The lowest BCUT2D eigenvalue weighted by atomic mass is 10.1. The van der Waals surface area contributed by atoms with Crippen molar-refractivity contribution < 1.29 is 9.53 Å². The first-order valence-electron chi connectivity index (χ1n) is 6.59. The normalized spacial score (nSPS) is 13.2. The Hall–Kier alpha value is -2.66. The fourth-order valence-corrected chi connectivity index (χ4v) is 2.16. The van der Waals surface area contributed by atoms with Gasteiger partial charge in [-0.25, -0.2) is 5.43 Å². The largest absolute Gasteiger partial charge is 0.488 e. The maximum Gasteiger partial charge on any atom is 0.272 e. The minimum absolute atomic E-state index is 0.315.